The molecule has 2 rings (SSSR count). The third kappa shape index (κ3) is 2.70. The number of hydrogen-bond acceptors (Lipinski definition) is 4. The summed E-state index contributed by atoms with van der Waals surface area (Å²) in [6.45, 7) is 8.17. The minimum absolute atomic E-state index is 0.160. The molecule has 2 heterocycles. The number of hydrogen-bond donors (Lipinski definition) is 1. The lowest BCUT2D eigenvalue weighted by Crippen LogP contribution is -2.63. The van der Waals surface area contributed by atoms with E-state index in [1.807, 2.05) is 12.1 Å². The minimum atomic E-state index is 0.160. The molecule has 0 spiro atoms. The summed E-state index contributed by atoms with van der Waals surface area (Å²) in [5.41, 5.74) is 5.99. The Balaban J connectivity index is 2.08. The fourth-order valence-electron chi connectivity index (χ4n) is 2.60. The van der Waals surface area contributed by atoms with Crippen LogP contribution in [0, 0.1) is 0 Å². The summed E-state index contributed by atoms with van der Waals surface area (Å²) in [5, 5.41) is 0. The van der Waals surface area contributed by atoms with E-state index in [0.717, 1.165) is 25.4 Å². The van der Waals surface area contributed by atoms with Gasteiger partial charge in [-0.3, -0.25) is 9.80 Å². The SMILES string of the molecule is CN1CC(C)(C)N(Cc2ccco2)CC1CN. The van der Waals surface area contributed by atoms with Crippen LogP contribution in [-0.2, 0) is 6.54 Å². The van der Waals surface area contributed by atoms with Crippen LogP contribution in [0.25, 0.3) is 0 Å². The van der Waals surface area contributed by atoms with E-state index in [2.05, 4.69) is 30.7 Å². The Bertz CT molecular complexity index is 348. The van der Waals surface area contributed by atoms with Crippen LogP contribution in [0.4, 0.5) is 0 Å². The van der Waals surface area contributed by atoms with E-state index in [4.69, 9.17) is 10.2 Å². The average Bonchev–Trinajstić information content (AvgIpc) is 2.74. The van der Waals surface area contributed by atoms with Crippen molar-refractivity contribution in [2.24, 2.45) is 5.73 Å². The molecular formula is C13H23N3O. The molecule has 0 aliphatic carbocycles. The highest BCUT2D eigenvalue weighted by atomic mass is 16.3. The van der Waals surface area contributed by atoms with Crippen LogP contribution < -0.4 is 5.73 Å². The molecule has 1 unspecified atom stereocenters. The fraction of sp³-hybridized carbons (Fsp3) is 0.692. The van der Waals surface area contributed by atoms with Crippen LogP contribution in [0.3, 0.4) is 0 Å². The molecule has 4 heteroatoms. The van der Waals surface area contributed by atoms with Crippen molar-refractivity contribution in [3.63, 3.8) is 0 Å². The summed E-state index contributed by atoms with van der Waals surface area (Å²) in [4.78, 5) is 4.82. The minimum Gasteiger partial charge on any atom is -0.468 e. The Hall–Kier alpha value is -0.840. The summed E-state index contributed by atoms with van der Waals surface area (Å²) in [6, 6.07) is 4.42. The van der Waals surface area contributed by atoms with Gasteiger partial charge in [-0.25, -0.2) is 0 Å². The molecule has 4 nitrogen and oxygen atoms in total. The highest BCUT2D eigenvalue weighted by Gasteiger charge is 2.36. The third-order valence-electron chi connectivity index (χ3n) is 3.75. The summed E-state index contributed by atoms with van der Waals surface area (Å²) < 4.78 is 5.44. The molecule has 17 heavy (non-hydrogen) atoms. The Labute approximate surface area is 103 Å². The molecule has 1 atom stereocenters. The Morgan fingerprint density at radius 2 is 2.29 bits per heavy atom. The van der Waals surface area contributed by atoms with Crippen molar-refractivity contribution < 1.29 is 4.42 Å². The molecule has 0 saturated carbocycles. The first-order valence-electron chi connectivity index (χ1n) is 6.20. The van der Waals surface area contributed by atoms with Gasteiger partial charge in [-0.1, -0.05) is 0 Å². The Morgan fingerprint density at radius 1 is 1.53 bits per heavy atom. The van der Waals surface area contributed by atoms with Gasteiger partial charge in [0.05, 0.1) is 12.8 Å². The average molecular weight is 237 g/mol. The first kappa shape index (κ1) is 12.6. The van der Waals surface area contributed by atoms with E-state index in [0.29, 0.717) is 12.6 Å². The normalized spacial score (nSPS) is 26.2. The van der Waals surface area contributed by atoms with Crippen LogP contribution in [0.15, 0.2) is 22.8 Å². The highest BCUT2D eigenvalue weighted by molar-refractivity contribution is 5.02. The molecule has 1 aliphatic heterocycles. The van der Waals surface area contributed by atoms with Crippen LogP contribution >= 0.6 is 0 Å². The van der Waals surface area contributed by atoms with E-state index in [1.165, 1.54) is 0 Å². The fourth-order valence-corrected chi connectivity index (χ4v) is 2.60. The molecule has 1 aromatic rings. The van der Waals surface area contributed by atoms with E-state index in [9.17, 15) is 0 Å². The zero-order chi connectivity index (χ0) is 12.5. The van der Waals surface area contributed by atoms with Crippen LogP contribution in [0.5, 0.6) is 0 Å². The summed E-state index contributed by atoms with van der Waals surface area (Å²) >= 11 is 0. The van der Waals surface area contributed by atoms with Crippen molar-refractivity contribution in [3.05, 3.63) is 24.2 Å². The maximum atomic E-state index is 5.83. The number of piperazine rings is 1. The van der Waals surface area contributed by atoms with Crippen molar-refractivity contribution in [2.75, 3.05) is 26.7 Å². The number of furan rings is 1. The van der Waals surface area contributed by atoms with E-state index < -0.39 is 0 Å². The van der Waals surface area contributed by atoms with Gasteiger partial charge in [-0.05, 0) is 33.0 Å². The highest BCUT2D eigenvalue weighted by Crippen LogP contribution is 2.25. The summed E-state index contributed by atoms with van der Waals surface area (Å²) in [5.74, 6) is 1.03. The predicted molar refractivity (Wildman–Crippen MR) is 68.7 cm³/mol. The quantitative estimate of drug-likeness (QED) is 0.856. The van der Waals surface area contributed by atoms with Crippen LogP contribution in [0.2, 0.25) is 0 Å². The predicted octanol–water partition coefficient (Wildman–Crippen LogP) is 1.13. The van der Waals surface area contributed by atoms with E-state index in [-0.39, 0.29) is 5.54 Å². The lowest BCUT2D eigenvalue weighted by atomic mass is 9.95. The van der Waals surface area contributed by atoms with Crippen molar-refractivity contribution >= 4 is 0 Å². The van der Waals surface area contributed by atoms with Gasteiger partial charge in [0.2, 0.25) is 0 Å². The van der Waals surface area contributed by atoms with Crippen molar-refractivity contribution in [1.29, 1.82) is 0 Å². The van der Waals surface area contributed by atoms with Gasteiger partial charge >= 0.3 is 0 Å². The molecule has 1 aromatic heterocycles. The van der Waals surface area contributed by atoms with Gasteiger partial charge in [0.1, 0.15) is 5.76 Å². The maximum absolute atomic E-state index is 5.83. The number of nitrogens with two attached hydrogens (primary N) is 1. The Kier molecular flexibility index (Phi) is 3.56. The molecule has 2 N–H and O–H groups in total. The van der Waals surface area contributed by atoms with Crippen molar-refractivity contribution in [1.82, 2.24) is 9.80 Å². The van der Waals surface area contributed by atoms with Gasteiger partial charge in [0.25, 0.3) is 0 Å². The zero-order valence-electron chi connectivity index (χ0n) is 11.0. The smallest absolute Gasteiger partial charge is 0.117 e. The largest absolute Gasteiger partial charge is 0.468 e. The van der Waals surface area contributed by atoms with Gasteiger partial charge in [0, 0.05) is 31.2 Å². The molecule has 1 aliphatic rings. The molecule has 0 aromatic carbocycles. The topological polar surface area (TPSA) is 45.6 Å². The second-order valence-corrected chi connectivity index (χ2v) is 5.58. The second kappa shape index (κ2) is 4.80. The molecule has 96 valence electrons. The lowest BCUT2D eigenvalue weighted by molar-refractivity contribution is -0.0112. The number of likely N-dealkylation sites (N-methyl/N-ethyl adjacent to an activating group) is 1. The number of rotatable bonds is 3. The first-order chi connectivity index (χ1) is 8.03. The maximum Gasteiger partial charge on any atom is 0.117 e. The summed E-state index contributed by atoms with van der Waals surface area (Å²) in [6.07, 6.45) is 1.73. The van der Waals surface area contributed by atoms with E-state index in [1.54, 1.807) is 6.26 Å². The molecule has 1 fully saturated rings. The second-order valence-electron chi connectivity index (χ2n) is 5.58. The van der Waals surface area contributed by atoms with Gasteiger partial charge < -0.3 is 10.2 Å². The van der Waals surface area contributed by atoms with E-state index >= 15 is 0 Å². The monoisotopic (exact) mass is 237 g/mol. The standard InChI is InChI=1S/C13H23N3O/c1-13(2)10-15(3)11(7-14)8-16(13)9-12-5-4-6-17-12/h4-6,11H,7-10,14H2,1-3H3. The summed E-state index contributed by atoms with van der Waals surface area (Å²) in [7, 11) is 2.16. The van der Waals surface area contributed by atoms with Crippen molar-refractivity contribution in [3.8, 4) is 0 Å². The zero-order valence-corrected chi connectivity index (χ0v) is 11.0. The van der Waals surface area contributed by atoms with Gasteiger partial charge in [-0.15, -0.1) is 0 Å². The molecule has 0 amide bonds. The van der Waals surface area contributed by atoms with Gasteiger partial charge in [-0.2, -0.15) is 0 Å². The van der Waals surface area contributed by atoms with Crippen LogP contribution in [0.1, 0.15) is 19.6 Å². The molecule has 0 radical (unpaired) electrons. The number of nitrogens with zero attached hydrogens (tertiary/aromatic N) is 2. The Morgan fingerprint density at radius 3 is 2.88 bits per heavy atom. The lowest BCUT2D eigenvalue weighted by Gasteiger charge is -2.49. The molecular weight excluding hydrogens is 214 g/mol. The first-order valence-corrected chi connectivity index (χ1v) is 6.20. The van der Waals surface area contributed by atoms with Crippen LogP contribution in [-0.4, -0.2) is 48.1 Å². The molecule has 1 saturated heterocycles. The third-order valence-corrected chi connectivity index (χ3v) is 3.75. The molecule has 0 bridgehead atoms. The van der Waals surface area contributed by atoms with Gasteiger partial charge in [0.15, 0.2) is 0 Å². The van der Waals surface area contributed by atoms with Crippen molar-refractivity contribution in [2.45, 2.75) is 32.0 Å².